The minimum atomic E-state index is -4.77. The summed E-state index contributed by atoms with van der Waals surface area (Å²) in [5, 5.41) is 2.61. The molecule has 6 rings (SSSR count). The van der Waals surface area contributed by atoms with Crippen molar-refractivity contribution in [2.45, 2.75) is 12.8 Å². The minimum absolute atomic E-state index is 0.0202. The van der Waals surface area contributed by atoms with Crippen molar-refractivity contribution in [1.29, 1.82) is 0 Å². The van der Waals surface area contributed by atoms with Crippen LogP contribution in [0.5, 0.6) is 17.2 Å². The van der Waals surface area contributed by atoms with Crippen molar-refractivity contribution in [3.8, 4) is 28.6 Å². The maximum Gasteiger partial charge on any atom is 0.433 e. The number of aromatic nitrogens is 1. The highest BCUT2D eigenvalue weighted by Gasteiger charge is 2.35. The van der Waals surface area contributed by atoms with E-state index in [1.165, 1.54) is 30.5 Å². The van der Waals surface area contributed by atoms with E-state index in [4.69, 9.17) is 28.8 Å². The predicted molar refractivity (Wildman–Crippen MR) is 134 cm³/mol. The van der Waals surface area contributed by atoms with E-state index in [1.807, 2.05) is 0 Å². The molecule has 0 saturated carbocycles. The van der Waals surface area contributed by atoms with Gasteiger partial charge in [0.15, 0.2) is 17.3 Å². The molecule has 14 heteroatoms. The van der Waals surface area contributed by atoms with Crippen molar-refractivity contribution >= 4 is 39.1 Å². The SMILES string of the molecule is NC(=O)c1sc2nc(C(F)(F)F)cc(-c3ccco3)c2c1NC(=O)c1ccc(COc2ccc3c(c2)OCO3)o1. The third-order valence-corrected chi connectivity index (χ3v) is 6.91. The van der Waals surface area contributed by atoms with Crippen molar-refractivity contribution in [2.24, 2.45) is 5.73 Å². The third-order valence-electron chi connectivity index (χ3n) is 5.81. The molecule has 0 radical (unpaired) electrons. The number of nitrogens with one attached hydrogen (secondary N) is 1. The quantitative estimate of drug-likeness (QED) is 0.249. The second kappa shape index (κ2) is 9.64. The maximum absolute atomic E-state index is 13.6. The van der Waals surface area contributed by atoms with Crippen LogP contribution in [0.1, 0.15) is 31.7 Å². The monoisotopic (exact) mass is 571 g/mol. The first-order chi connectivity index (χ1) is 19.2. The lowest BCUT2D eigenvalue weighted by Crippen LogP contribution is -2.16. The zero-order valence-electron chi connectivity index (χ0n) is 20.0. The van der Waals surface area contributed by atoms with E-state index < -0.39 is 23.7 Å². The number of thiophene rings is 1. The van der Waals surface area contributed by atoms with Crippen LogP contribution in [-0.2, 0) is 12.8 Å². The Bertz CT molecular complexity index is 1760. The van der Waals surface area contributed by atoms with Gasteiger partial charge in [0.2, 0.25) is 6.79 Å². The second-order valence-corrected chi connectivity index (χ2v) is 9.40. The molecule has 10 nitrogen and oxygen atoms in total. The first-order valence-electron chi connectivity index (χ1n) is 11.5. The first kappa shape index (κ1) is 25.3. The van der Waals surface area contributed by atoms with Crippen LogP contribution in [0, 0.1) is 0 Å². The Balaban J connectivity index is 1.30. The van der Waals surface area contributed by atoms with Gasteiger partial charge < -0.3 is 34.1 Å². The fraction of sp³-hybridized carbons (Fsp3) is 0.115. The number of furan rings is 2. The fourth-order valence-electron chi connectivity index (χ4n) is 4.04. The number of nitrogens with two attached hydrogens (primary N) is 1. The van der Waals surface area contributed by atoms with Crippen molar-refractivity contribution in [3.05, 3.63) is 76.9 Å². The topological polar surface area (TPSA) is 139 Å². The highest BCUT2D eigenvalue weighted by molar-refractivity contribution is 7.21. The number of anilines is 1. The van der Waals surface area contributed by atoms with Crippen molar-refractivity contribution in [3.63, 3.8) is 0 Å². The lowest BCUT2D eigenvalue weighted by atomic mass is 10.1. The number of alkyl halides is 3. The molecule has 0 spiro atoms. The number of pyridine rings is 1. The standard InChI is InChI=1S/C26H16F3N3O7S/c27-26(28,29)19-9-14(15-2-1-7-35-15)20-21(22(23(30)33)40-25(20)31-19)32-24(34)17-6-4-13(39-17)10-36-12-3-5-16-18(8-12)38-11-37-16/h1-9H,10-11H2,(H2,30,33)(H,32,34). The van der Waals surface area contributed by atoms with Gasteiger partial charge >= 0.3 is 6.18 Å². The number of primary amides is 1. The molecule has 204 valence electrons. The summed E-state index contributed by atoms with van der Waals surface area (Å²) in [5.74, 6) is 0.120. The molecule has 5 heterocycles. The normalized spacial score (nSPS) is 12.6. The van der Waals surface area contributed by atoms with Gasteiger partial charge in [-0.05, 0) is 42.5 Å². The number of hydrogen-bond acceptors (Lipinski definition) is 9. The smallest absolute Gasteiger partial charge is 0.433 e. The Morgan fingerprint density at radius 2 is 1.93 bits per heavy atom. The summed E-state index contributed by atoms with van der Waals surface area (Å²) in [4.78, 5) is 28.7. The van der Waals surface area contributed by atoms with E-state index in [0.717, 1.165) is 6.07 Å². The van der Waals surface area contributed by atoms with E-state index in [-0.39, 0.29) is 51.3 Å². The summed E-state index contributed by atoms with van der Waals surface area (Å²) in [6.45, 7) is 0.0997. The molecule has 0 aliphatic carbocycles. The predicted octanol–water partition coefficient (Wildman–Crippen LogP) is 5.83. The number of benzene rings is 1. The average Bonchev–Trinajstić information content (AvgIpc) is 3.72. The van der Waals surface area contributed by atoms with Gasteiger partial charge in [0.05, 0.1) is 12.0 Å². The molecule has 0 unspecified atom stereocenters. The molecule has 5 aromatic rings. The van der Waals surface area contributed by atoms with Crippen molar-refractivity contribution in [2.75, 3.05) is 12.1 Å². The summed E-state index contributed by atoms with van der Waals surface area (Å²) in [6.07, 6.45) is -3.49. The number of nitrogens with zero attached hydrogens (tertiary/aromatic N) is 1. The van der Waals surface area contributed by atoms with Crippen LogP contribution in [0.2, 0.25) is 0 Å². The number of carbonyl (C=O) groups excluding carboxylic acids is 2. The van der Waals surface area contributed by atoms with Crippen molar-refractivity contribution < 1.29 is 45.8 Å². The van der Waals surface area contributed by atoms with E-state index in [1.54, 1.807) is 18.2 Å². The molecular weight excluding hydrogens is 555 g/mol. The number of amides is 2. The number of halogens is 3. The zero-order chi connectivity index (χ0) is 28.0. The number of hydrogen-bond donors (Lipinski definition) is 2. The van der Waals surface area contributed by atoms with Crippen molar-refractivity contribution in [1.82, 2.24) is 4.98 Å². The molecule has 1 aromatic carbocycles. The summed E-state index contributed by atoms with van der Waals surface area (Å²) < 4.78 is 67.9. The molecule has 0 atom stereocenters. The van der Waals surface area contributed by atoms with Gasteiger partial charge in [-0.25, -0.2) is 4.98 Å². The Morgan fingerprint density at radius 1 is 1.10 bits per heavy atom. The Hall–Kier alpha value is -4.98. The number of ether oxygens (including phenoxy) is 3. The number of rotatable bonds is 7. The molecular formula is C26H16F3N3O7S. The molecule has 1 aliphatic heterocycles. The van der Waals surface area contributed by atoms with E-state index in [9.17, 15) is 22.8 Å². The van der Waals surface area contributed by atoms with Gasteiger partial charge in [-0.1, -0.05) is 0 Å². The maximum atomic E-state index is 13.6. The van der Waals surface area contributed by atoms with Crippen LogP contribution < -0.4 is 25.3 Å². The number of carbonyl (C=O) groups is 2. The van der Waals surface area contributed by atoms with Crippen LogP contribution in [0.3, 0.4) is 0 Å². The van der Waals surface area contributed by atoms with Gasteiger partial charge in [0.25, 0.3) is 11.8 Å². The van der Waals surface area contributed by atoms with E-state index in [2.05, 4.69) is 10.3 Å². The van der Waals surface area contributed by atoms with Gasteiger partial charge in [0, 0.05) is 17.0 Å². The third kappa shape index (κ3) is 4.68. The minimum Gasteiger partial charge on any atom is -0.486 e. The largest absolute Gasteiger partial charge is 0.486 e. The number of fused-ring (bicyclic) bond motifs is 2. The average molecular weight is 571 g/mol. The lowest BCUT2D eigenvalue weighted by molar-refractivity contribution is -0.140. The molecule has 3 N–H and O–H groups in total. The summed E-state index contributed by atoms with van der Waals surface area (Å²) >= 11 is 0.618. The van der Waals surface area contributed by atoms with Gasteiger partial charge in [0.1, 0.15) is 39.3 Å². The summed E-state index contributed by atoms with van der Waals surface area (Å²) in [6, 6.07) is 11.7. The lowest BCUT2D eigenvalue weighted by Gasteiger charge is -2.10. The first-order valence-corrected chi connectivity index (χ1v) is 12.3. The molecule has 0 saturated heterocycles. The fourth-order valence-corrected chi connectivity index (χ4v) is 5.04. The van der Waals surface area contributed by atoms with Gasteiger partial charge in [-0.3, -0.25) is 9.59 Å². The Morgan fingerprint density at radius 3 is 2.67 bits per heavy atom. The highest BCUT2D eigenvalue weighted by Crippen LogP contribution is 2.44. The zero-order valence-corrected chi connectivity index (χ0v) is 20.9. The summed E-state index contributed by atoms with van der Waals surface area (Å²) in [5.41, 5.74) is 4.17. The van der Waals surface area contributed by atoms with Crippen LogP contribution in [0.25, 0.3) is 21.5 Å². The van der Waals surface area contributed by atoms with Crippen LogP contribution >= 0.6 is 11.3 Å². The van der Waals surface area contributed by atoms with Crippen LogP contribution in [-0.4, -0.2) is 23.6 Å². The molecule has 0 fully saturated rings. The molecule has 4 aromatic heterocycles. The molecule has 0 bridgehead atoms. The highest BCUT2D eigenvalue weighted by atomic mass is 32.1. The van der Waals surface area contributed by atoms with E-state index in [0.29, 0.717) is 34.3 Å². The Labute approximate surface area is 226 Å². The molecule has 2 amide bonds. The van der Waals surface area contributed by atoms with Crippen LogP contribution in [0.4, 0.5) is 18.9 Å². The van der Waals surface area contributed by atoms with Gasteiger partial charge in [-0.15, -0.1) is 11.3 Å². The Kier molecular flexibility index (Phi) is 6.10. The van der Waals surface area contributed by atoms with Crippen LogP contribution in [0.15, 0.2) is 63.6 Å². The second-order valence-electron chi connectivity index (χ2n) is 8.40. The van der Waals surface area contributed by atoms with Gasteiger partial charge in [-0.2, -0.15) is 13.2 Å². The van der Waals surface area contributed by atoms with E-state index >= 15 is 0 Å². The molecule has 1 aliphatic rings. The summed E-state index contributed by atoms with van der Waals surface area (Å²) in [7, 11) is 0. The molecule has 40 heavy (non-hydrogen) atoms.